The molecule has 1 atom stereocenters. The topological polar surface area (TPSA) is 29.1 Å². The van der Waals surface area contributed by atoms with Crippen LogP contribution >= 0.6 is 11.6 Å². The second kappa shape index (κ2) is 6.31. The quantitative estimate of drug-likeness (QED) is 0.860. The zero-order chi connectivity index (χ0) is 14.7. The van der Waals surface area contributed by atoms with Gasteiger partial charge < -0.3 is 5.32 Å². The first-order valence-corrected chi connectivity index (χ1v) is 7.71. The lowest BCUT2D eigenvalue weighted by Gasteiger charge is -2.14. The number of hydrogen-bond donors (Lipinski definition) is 1. The highest BCUT2D eigenvalue weighted by Gasteiger charge is 2.27. The number of alkyl halides is 1. The highest BCUT2D eigenvalue weighted by Crippen LogP contribution is 2.27. The van der Waals surface area contributed by atoms with Crippen LogP contribution in [0.5, 0.6) is 0 Å². The third-order valence-electron chi connectivity index (χ3n) is 4.04. The summed E-state index contributed by atoms with van der Waals surface area (Å²) in [5.41, 5.74) is 3.63. The van der Waals surface area contributed by atoms with Gasteiger partial charge in [-0.1, -0.05) is 54.6 Å². The van der Waals surface area contributed by atoms with Crippen LogP contribution in [0.25, 0.3) is 0 Å². The van der Waals surface area contributed by atoms with Crippen LogP contribution in [-0.4, -0.2) is 12.5 Å². The van der Waals surface area contributed by atoms with Crippen molar-refractivity contribution in [1.82, 2.24) is 5.32 Å². The van der Waals surface area contributed by atoms with Crippen molar-refractivity contribution < 1.29 is 4.79 Å². The summed E-state index contributed by atoms with van der Waals surface area (Å²) in [5, 5.41) is 2.81. The smallest absolute Gasteiger partial charge is 0.223 e. The number of carbonyl (C=O) groups excluding carboxylic acids is 1. The second-order valence-corrected chi connectivity index (χ2v) is 6.02. The summed E-state index contributed by atoms with van der Waals surface area (Å²) >= 11 is 6.33. The molecule has 0 fully saturated rings. The van der Waals surface area contributed by atoms with Gasteiger partial charge in [-0.3, -0.25) is 4.79 Å². The van der Waals surface area contributed by atoms with Gasteiger partial charge in [-0.25, -0.2) is 0 Å². The molecule has 21 heavy (non-hydrogen) atoms. The van der Waals surface area contributed by atoms with E-state index in [-0.39, 0.29) is 17.2 Å². The summed E-state index contributed by atoms with van der Waals surface area (Å²) in [4.78, 5) is 12.3. The summed E-state index contributed by atoms with van der Waals surface area (Å²) < 4.78 is 0. The van der Waals surface area contributed by atoms with Crippen LogP contribution < -0.4 is 5.32 Å². The SMILES string of the molecule is O=C(NCC(Cl)c1ccccc1)C1Cc2ccccc2C1. The molecule has 1 unspecified atom stereocenters. The van der Waals surface area contributed by atoms with Crippen LogP contribution in [0.3, 0.4) is 0 Å². The van der Waals surface area contributed by atoms with E-state index in [4.69, 9.17) is 11.6 Å². The predicted molar refractivity (Wildman–Crippen MR) is 85.4 cm³/mol. The lowest BCUT2D eigenvalue weighted by molar-refractivity contribution is -0.124. The number of carbonyl (C=O) groups is 1. The molecule has 2 aromatic carbocycles. The van der Waals surface area contributed by atoms with Crippen LogP contribution in [0, 0.1) is 5.92 Å². The van der Waals surface area contributed by atoms with Crippen molar-refractivity contribution in [1.29, 1.82) is 0 Å². The number of fused-ring (bicyclic) bond motifs is 1. The maximum Gasteiger partial charge on any atom is 0.223 e. The summed E-state index contributed by atoms with van der Waals surface area (Å²) in [5.74, 6) is 0.148. The Morgan fingerprint density at radius 2 is 1.62 bits per heavy atom. The molecule has 0 saturated heterocycles. The molecule has 0 spiro atoms. The summed E-state index contributed by atoms with van der Waals surface area (Å²) in [6.07, 6.45) is 1.67. The fourth-order valence-electron chi connectivity index (χ4n) is 2.86. The average Bonchev–Trinajstić information content (AvgIpc) is 2.97. The summed E-state index contributed by atoms with van der Waals surface area (Å²) in [6.45, 7) is 0.469. The number of halogens is 1. The van der Waals surface area contributed by atoms with Crippen molar-refractivity contribution in [2.75, 3.05) is 6.54 Å². The standard InChI is InChI=1S/C18H18ClNO/c19-17(13-6-2-1-3-7-13)12-20-18(21)16-10-14-8-4-5-9-15(14)11-16/h1-9,16-17H,10-12H2,(H,20,21). The van der Waals surface area contributed by atoms with Crippen molar-refractivity contribution in [2.45, 2.75) is 18.2 Å². The van der Waals surface area contributed by atoms with E-state index >= 15 is 0 Å². The van der Waals surface area contributed by atoms with Gasteiger partial charge in [-0.05, 0) is 29.5 Å². The first kappa shape index (κ1) is 14.2. The fraction of sp³-hybridized carbons (Fsp3) is 0.278. The maximum atomic E-state index is 12.3. The van der Waals surface area contributed by atoms with E-state index in [1.54, 1.807) is 0 Å². The van der Waals surface area contributed by atoms with Crippen LogP contribution in [0.2, 0.25) is 0 Å². The Bertz CT molecular complexity index is 601. The third kappa shape index (κ3) is 3.27. The van der Waals surface area contributed by atoms with Crippen molar-refractivity contribution in [3.05, 3.63) is 71.3 Å². The Hall–Kier alpha value is -1.80. The Morgan fingerprint density at radius 1 is 1.05 bits per heavy atom. The van der Waals surface area contributed by atoms with Gasteiger partial charge in [0.05, 0.1) is 5.38 Å². The van der Waals surface area contributed by atoms with E-state index in [9.17, 15) is 4.79 Å². The summed E-state index contributed by atoms with van der Waals surface area (Å²) in [6, 6.07) is 18.1. The fourth-order valence-corrected chi connectivity index (χ4v) is 3.08. The first-order valence-electron chi connectivity index (χ1n) is 7.27. The van der Waals surface area contributed by atoms with E-state index < -0.39 is 0 Å². The van der Waals surface area contributed by atoms with E-state index in [1.807, 2.05) is 42.5 Å². The van der Waals surface area contributed by atoms with Gasteiger partial charge in [0.1, 0.15) is 0 Å². The normalized spacial score (nSPS) is 15.5. The Morgan fingerprint density at radius 3 is 2.24 bits per heavy atom. The molecule has 0 saturated carbocycles. The molecule has 0 radical (unpaired) electrons. The molecule has 1 N–H and O–H groups in total. The largest absolute Gasteiger partial charge is 0.354 e. The summed E-state index contributed by atoms with van der Waals surface area (Å²) in [7, 11) is 0. The molecule has 1 amide bonds. The first-order chi connectivity index (χ1) is 10.2. The van der Waals surface area contributed by atoms with E-state index in [0.717, 1.165) is 18.4 Å². The Kier molecular flexibility index (Phi) is 4.26. The minimum atomic E-state index is -0.182. The van der Waals surface area contributed by atoms with Gasteiger partial charge in [0, 0.05) is 12.5 Å². The van der Waals surface area contributed by atoms with Crippen LogP contribution in [0.4, 0.5) is 0 Å². The van der Waals surface area contributed by atoms with Gasteiger partial charge in [-0.15, -0.1) is 11.6 Å². The Labute approximate surface area is 130 Å². The zero-order valence-corrected chi connectivity index (χ0v) is 12.5. The number of rotatable bonds is 4. The third-order valence-corrected chi connectivity index (χ3v) is 4.44. The molecule has 0 aliphatic heterocycles. The monoisotopic (exact) mass is 299 g/mol. The molecule has 0 bridgehead atoms. The Balaban J connectivity index is 1.54. The molecule has 0 aromatic heterocycles. The van der Waals surface area contributed by atoms with Gasteiger partial charge in [-0.2, -0.15) is 0 Å². The number of nitrogens with one attached hydrogen (secondary N) is 1. The van der Waals surface area contributed by atoms with Gasteiger partial charge in [0.15, 0.2) is 0 Å². The van der Waals surface area contributed by atoms with Gasteiger partial charge >= 0.3 is 0 Å². The van der Waals surface area contributed by atoms with Crippen molar-refractivity contribution in [2.24, 2.45) is 5.92 Å². The lowest BCUT2D eigenvalue weighted by atomic mass is 10.1. The van der Waals surface area contributed by atoms with Gasteiger partial charge in [0.2, 0.25) is 5.91 Å². The molecule has 1 aliphatic rings. The van der Waals surface area contributed by atoms with Crippen molar-refractivity contribution in [3.63, 3.8) is 0 Å². The lowest BCUT2D eigenvalue weighted by Crippen LogP contribution is -2.33. The number of hydrogen-bond acceptors (Lipinski definition) is 1. The van der Waals surface area contributed by atoms with Crippen molar-refractivity contribution >= 4 is 17.5 Å². The highest BCUT2D eigenvalue weighted by molar-refractivity contribution is 6.21. The van der Waals surface area contributed by atoms with E-state index in [0.29, 0.717) is 6.54 Å². The molecule has 1 aliphatic carbocycles. The average molecular weight is 300 g/mol. The van der Waals surface area contributed by atoms with Crippen molar-refractivity contribution in [3.8, 4) is 0 Å². The molecule has 0 heterocycles. The zero-order valence-electron chi connectivity index (χ0n) is 11.8. The number of amides is 1. The van der Waals surface area contributed by atoms with E-state index in [2.05, 4.69) is 17.4 Å². The maximum absolute atomic E-state index is 12.3. The minimum absolute atomic E-state index is 0.0436. The highest BCUT2D eigenvalue weighted by atomic mass is 35.5. The minimum Gasteiger partial charge on any atom is -0.354 e. The molecule has 3 heteroatoms. The second-order valence-electron chi connectivity index (χ2n) is 5.50. The van der Waals surface area contributed by atoms with Crippen LogP contribution in [0.1, 0.15) is 22.1 Å². The number of benzene rings is 2. The molecule has 2 aromatic rings. The molecular formula is C18H18ClNO. The predicted octanol–water partition coefficient (Wildman–Crippen LogP) is 3.50. The molecule has 2 nitrogen and oxygen atoms in total. The van der Waals surface area contributed by atoms with E-state index in [1.165, 1.54) is 11.1 Å². The molecular weight excluding hydrogens is 282 g/mol. The molecule has 108 valence electrons. The van der Waals surface area contributed by atoms with Crippen LogP contribution in [0.15, 0.2) is 54.6 Å². The van der Waals surface area contributed by atoms with Gasteiger partial charge in [0.25, 0.3) is 0 Å². The van der Waals surface area contributed by atoms with Crippen LogP contribution in [-0.2, 0) is 17.6 Å². The molecule has 3 rings (SSSR count).